The van der Waals surface area contributed by atoms with Gasteiger partial charge in [-0.05, 0) is 70.6 Å². The summed E-state index contributed by atoms with van der Waals surface area (Å²) in [6.07, 6.45) is 3.61. The molecule has 22 heavy (non-hydrogen) atoms. The van der Waals surface area contributed by atoms with E-state index in [0.29, 0.717) is 6.54 Å². The number of amides is 1. The minimum Gasteiger partial charge on any atom is -0.308 e. The Bertz CT molecular complexity index is 626. The van der Waals surface area contributed by atoms with Crippen LogP contribution in [-0.4, -0.2) is 37.5 Å². The SMILES string of the molecule is CC(C)=CC(=O)N1CC2(CCN(C)CC2)c2cc(F)ccc21. The Labute approximate surface area is 131 Å². The highest BCUT2D eigenvalue weighted by molar-refractivity contribution is 6.03. The fourth-order valence-electron chi connectivity index (χ4n) is 3.64. The van der Waals surface area contributed by atoms with E-state index < -0.39 is 0 Å². The van der Waals surface area contributed by atoms with Gasteiger partial charge in [0, 0.05) is 23.7 Å². The van der Waals surface area contributed by atoms with Crippen LogP contribution in [0.25, 0.3) is 0 Å². The molecule has 2 aliphatic rings. The molecule has 2 aliphatic heterocycles. The molecule has 0 unspecified atom stereocenters. The number of carbonyl (C=O) groups excluding carboxylic acids is 1. The molecule has 1 aromatic carbocycles. The normalized spacial score (nSPS) is 20.1. The molecule has 0 aromatic heterocycles. The first kappa shape index (κ1) is 15.2. The minimum absolute atomic E-state index is 0.00339. The van der Waals surface area contributed by atoms with Crippen LogP contribution in [0.5, 0.6) is 0 Å². The van der Waals surface area contributed by atoms with Gasteiger partial charge in [-0.25, -0.2) is 4.39 Å². The summed E-state index contributed by atoms with van der Waals surface area (Å²) in [5.74, 6) is -0.211. The second-order valence-electron chi connectivity index (χ2n) is 6.89. The molecule has 2 heterocycles. The molecule has 0 bridgehead atoms. The summed E-state index contributed by atoms with van der Waals surface area (Å²) in [6.45, 7) is 6.49. The van der Waals surface area contributed by atoms with E-state index in [0.717, 1.165) is 42.8 Å². The predicted octanol–water partition coefficient (Wildman–Crippen LogP) is 3.10. The zero-order valence-electron chi connectivity index (χ0n) is 13.5. The van der Waals surface area contributed by atoms with Gasteiger partial charge < -0.3 is 9.80 Å². The first-order chi connectivity index (χ1) is 10.4. The molecular formula is C18H23FN2O. The van der Waals surface area contributed by atoms with Crippen LogP contribution in [0.3, 0.4) is 0 Å². The van der Waals surface area contributed by atoms with Crippen molar-refractivity contribution in [3.05, 3.63) is 41.2 Å². The molecule has 1 fully saturated rings. The summed E-state index contributed by atoms with van der Waals surface area (Å²) >= 11 is 0. The van der Waals surface area contributed by atoms with Crippen molar-refractivity contribution in [2.45, 2.75) is 32.1 Å². The Morgan fingerprint density at radius 2 is 1.95 bits per heavy atom. The maximum atomic E-state index is 13.8. The Kier molecular flexibility index (Phi) is 3.81. The number of allylic oxidation sites excluding steroid dienone is 1. The van der Waals surface area contributed by atoms with Crippen molar-refractivity contribution in [3.8, 4) is 0 Å². The monoisotopic (exact) mass is 302 g/mol. The van der Waals surface area contributed by atoms with E-state index in [1.807, 2.05) is 18.7 Å². The number of fused-ring (bicyclic) bond motifs is 2. The molecule has 0 atom stereocenters. The molecule has 1 amide bonds. The van der Waals surface area contributed by atoms with Gasteiger partial charge in [0.25, 0.3) is 5.91 Å². The number of halogens is 1. The maximum Gasteiger partial charge on any atom is 0.250 e. The van der Waals surface area contributed by atoms with Crippen LogP contribution in [-0.2, 0) is 10.2 Å². The first-order valence-corrected chi connectivity index (χ1v) is 7.86. The lowest BCUT2D eigenvalue weighted by Gasteiger charge is -2.38. The standard InChI is InChI=1S/C18H23FN2O/c1-13(2)10-17(22)21-12-18(6-8-20(3)9-7-18)15-11-14(19)4-5-16(15)21/h4-5,10-11H,6-9,12H2,1-3H3. The number of hydrogen-bond acceptors (Lipinski definition) is 2. The zero-order chi connectivity index (χ0) is 15.9. The lowest BCUT2D eigenvalue weighted by Crippen LogP contribution is -2.44. The Morgan fingerprint density at radius 1 is 1.27 bits per heavy atom. The third-order valence-electron chi connectivity index (χ3n) is 4.90. The van der Waals surface area contributed by atoms with E-state index >= 15 is 0 Å². The Hall–Kier alpha value is -1.68. The van der Waals surface area contributed by atoms with E-state index in [1.54, 1.807) is 18.2 Å². The van der Waals surface area contributed by atoms with Gasteiger partial charge in [-0.15, -0.1) is 0 Å². The van der Waals surface area contributed by atoms with Crippen molar-refractivity contribution < 1.29 is 9.18 Å². The van der Waals surface area contributed by atoms with Gasteiger partial charge in [0.05, 0.1) is 0 Å². The molecule has 0 radical (unpaired) electrons. The van der Waals surface area contributed by atoms with Crippen LogP contribution in [0.1, 0.15) is 32.3 Å². The largest absolute Gasteiger partial charge is 0.308 e. The molecule has 3 rings (SSSR count). The number of rotatable bonds is 1. The second-order valence-corrected chi connectivity index (χ2v) is 6.89. The summed E-state index contributed by atoms with van der Waals surface area (Å²) in [5.41, 5.74) is 2.79. The highest BCUT2D eigenvalue weighted by atomic mass is 19.1. The molecule has 4 heteroatoms. The number of nitrogens with zero attached hydrogens (tertiary/aromatic N) is 2. The smallest absolute Gasteiger partial charge is 0.250 e. The number of benzene rings is 1. The number of carbonyl (C=O) groups is 1. The average molecular weight is 302 g/mol. The van der Waals surface area contributed by atoms with Gasteiger partial charge in [0.2, 0.25) is 0 Å². The van der Waals surface area contributed by atoms with Crippen molar-refractivity contribution in [1.82, 2.24) is 4.90 Å². The summed E-state index contributed by atoms with van der Waals surface area (Å²) < 4.78 is 13.8. The highest BCUT2D eigenvalue weighted by Crippen LogP contribution is 2.47. The summed E-state index contributed by atoms with van der Waals surface area (Å²) in [4.78, 5) is 16.7. The minimum atomic E-state index is -0.214. The predicted molar refractivity (Wildman–Crippen MR) is 86.6 cm³/mol. The van der Waals surface area contributed by atoms with E-state index in [2.05, 4.69) is 11.9 Å². The van der Waals surface area contributed by atoms with Crippen molar-refractivity contribution in [3.63, 3.8) is 0 Å². The van der Waals surface area contributed by atoms with E-state index in [1.165, 1.54) is 6.07 Å². The summed E-state index contributed by atoms with van der Waals surface area (Å²) in [6, 6.07) is 4.85. The topological polar surface area (TPSA) is 23.6 Å². The molecule has 0 saturated carbocycles. The molecule has 3 nitrogen and oxygen atoms in total. The van der Waals surface area contributed by atoms with Gasteiger partial charge in [-0.3, -0.25) is 4.79 Å². The van der Waals surface area contributed by atoms with E-state index in [4.69, 9.17) is 0 Å². The van der Waals surface area contributed by atoms with Gasteiger partial charge >= 0.3 is 0 Å². The number of anilines is 1. The van der Waals surface area contributed by atoms with Crippen molar-refractivity contribution in [2.75, 3.05) is 31.6 Å². The molecule has 0 N–H and O–H groups in total. The zero-order valence-corrected chi connectivity index (χ0v) is 13.5. The molecule has 118 valence electrons. The molecule has 1 aromatic rings. The number of hydrogen-bond donors (Lipinski definition) is 0. The fourth-order valence-corrected chi connectivity index (χ4v) is 3.64. The van der Waals surface area contributed by atoms with E-state index in [-0.39, 0.29) is 17.1 Å². The van der Waals surface area contributed by atoms with Crippen molar-refractivity contribution in [2.24, 2.45) is 0 Å². The fraction of sp³-hybridized carbons (Fsp3) is 0.500. The van der Waals surface area contributed by atoms with Gasteiger partial charge in [0.15, 0.2) is 0 Å². The molecule has 1 spiro atoms. The average Bonchev–Trinajstić information content (AvgIpc) is 2.76. The quantitative estimate of drug-likeness (QED) is 0.744. The summed E-state index contributed by atoms with van der Waals surface area (Å²) in [7, 11) is 2.11. The van der Waals surface area contributed by atoms with Crippen LogP contribution in [0, 0.1) is 5.82 Å². The van der Waals surface area contributed by atoms with Gasteiger partial charge in [-0.2, -0.15) is 0 Å². The highest BCUT2D eigenvalue weighted by Gasteiger charge is 2.45. The van der Waals surface area contributed by atoms with Crippen LogP contribution < -0.4 is 4.90 Å². The number of likely N-dealkylation sites (tertiary alicyclic amines) is 1. The van der Waals surface area contributed by atoms with Crippen molar-refractivity contribution in [1.29, 1.82) is 0 Å². The van der Waals surface area contributed by atoms with Crippen LogP contribution >= 0.6 is 0 Å². The van der Waals surface area contributed by atoms with Gasteiger partial charge in [0.1, 0.15) is 5.82 Å². The maximum absolute atomic E-state index is 13.8. The molecular weight excluding hydrogens is 279 g/mol. The van der Waals surface area contributed by atoms with Crippen LogP contribution in [0.4, 0.5) is 10.1 Å². The number of piperidine rings is 1. The molecule has 1 saturated heterocycles. The second kappa shape index (κ2) is 5.51. The lowest BCUT2D eigenvalue weighted by atomic mass is 9.74. The first-order valence-electron chi connectivity index (χ1n) is 7.86. The molecule has 0 aliphatic carbocycles. The van der Waals surface area contributed by atoms with Crippen molar-refractivity contribution >= 4 is 11.6 Å². The third-order valence-corrected chi connectivity index (χ3v) is 4.90. The van der Waals surface area contributed by atoms with E-state index in [9.17, 15) is 9.18 Å². The summed E-state index contributed by atoms with van der Waals surface area (Å²) in [5, 5.41) is 0. The third kappa shape index (κ3) is 2.56. The van der Waals surface area contributed by atoms with Gasteiger partial charge in [-0.1, -0.05) is 5.57 Å². The van der Waals surface area contributed by atoms with Crippen LogP contribution in [0.2, 0.25) is 0 Å². The van der Waals surface area contributed by atoms with Crippen LogP contribution in [0.15, 0.2) is 29.8 Å². The Balaban J connectivity index is 2.01. The Morgan fingerprint density at radius 3 is 2.59 bits per heavy atom. The lowest BCUT2D eigenvalue weighted by molar-refractivity contribution is -0.114.